The molecule has 0 radical (unpaired) electrons. The Morgan fingerprint density at radius 2 is 1.63 bits per heavy atom. The topological polar surface area (TPSA) is 53.1 Å². The van der Waals surface area contributed by atoms with Crippen molar-refractivity contribution in [2.24, 2.45) is 0 Å². The van der Waals surface area contributed by atoms with Crippen LogP contribution in [0.1, 0.15) is 0 Å². The standard InChI is InChI=1S/C10H16N3O3S2.Re/c1-11(2)9(14)8-13(16)10(15)7-12(3-5-17)4-6-18;/h5-6H,3-4,7-8H2,1-2H3;/q-1;+1. The van der Waals surface area contributed by atoms with Crippen LogP contribution in [-0.2, 0) is 32.7 Å². The number of nitrogens with zero attached hydrogens (tertiary/aromatic N) is 3. The summed E-state index contributed by atoms with van der Waals surface area (Å²) in [4.78, 5) is 26.7. The van der Waals surface area contributed by atoms with Crippen LogP contribution in [0.4, 0.5) is 0 Å². The maximum absolute atomic E-state index is 12.0. The van der Waals surface area contributed by atoms with Crippen LogP contribution < -0.4 is 0 Å². The molecule has 0 unspecified atom stereocenters. The minimum atomic E-state index is -0.300. The van der Waals surface area contributed by atoms with Crippen molar-refractivity contribution < 1.29 is 32.7 Å². The second-order valence-corrected chi connectivity index (χ2v) is 4.98. The van der Waals surface area contributed by atoms with Gasteiger partial charge in [-0.25, -0.2) is 0 Å². The zero-order valence-corrected chi connectivity index (χ0v) is 15.1. The van der Waals surface area contributed by atoms with Gasteiger partial charge in [-0.3, -0.25) is 0 Å². The Kier molecular flexibility index (Phi) is 10.3. The van der Waals surface area contributed by atoms with Gasteiger partial charge in [0.2, 0.25) is 0 Å². The number of hydrogen-bond acceptors (Lipinski definition) is 6. The molecule has 0 aromatic rings. The molecule has 0 aromatic heterocycles. The Hall–Kier alpha value is -0.298. The molecular formula is C10H16N3O3ReS2. The van der Waals surface area contributed by atoms with Gasteiger partial charge in [0.15, 0.2) is 0 Å². The van der Waals surface area contributed by atoms with Gasteiger partial charge in [-0.15, -0.1) is 0 Å². The average Bonchev–Trinajstić information content (AvgIpc) is 2.35. The minimum absolute atomic E-state index is 0.101. The summed E-state index contributed by atoms with van der Waals surface area (Å²) in [7, 11) is 3.24. The number of thiocarbonyl (C=S) groups is 2. The van der Waals surface area contributed by atoms with Crippen LogP contribution in [0.5, 0.6) is 0 Å². The molecule has 0 aliphatic heterocycles. The molecule has 0 aromatic carbocycles. The van der Waals surface area contributed by atoms with E-state index in [1.54, 1.807) is 19.0 Å². The molecule has 0 atom stereocenters. The number of carbonyl (C=O) groups is 2. The first kappa shape index (κ1) is 18.7. The first-order valence-corrected chi connectivity index (χ1v) is 7.40. The predicted octanol–water partition coefficient (Wildman–Crippen LogP) is -0.402. The SMILES string of the molecule is CN(C)C(=O)CN([O][Re])C(=O)CN(CC=S)CC=S. The van der Waals surface area contributed by atoms with E-state index >= 15 is 0 Å². The van der Waals surface area contributed by atoms with Crippen LogP contribution in [-0.4, -0.2) is 77.7 Å². The molecule has 0 N–H and O–H groups in total. The Morgan fingerprint density at radius 1 is 1.11 bits per heavy atom. The number of hydrogen-bond donors (Lipinski definition) is 0. The van der Waals surface area contributed by atoms with E-state index in [-0.39, 0.29) is 24.9 Å². The molecule has 19 heavy (non-hydrogen) atoms. The summed E-state index contributed by atoms with van der Waals surface area (Å²) in [5.41, 5.74) is 0. The van der Waals surface area contributed by atoms with Crippen molar-refractivity contribution in [3.05, 3.63) is 0 Å². The molecule has 0 aliphatic rings. The molecule has 0 saturated heterocycles. The third kappa shape index (κ3) is 7.77. The molecule has 0 aliphatic carbocycles. The summed E-state index contributed by atoms with van der Waals surface area (Å²) in [6.45, 7) is 0.936. The van der Waals surface area contributed by atoms with Crippen molar-refractivity contribution in [2.75, 3.05) is 40.3 Å². The van der Waals surface area contributed by atoms with E-state index in [9.17, 15) is 9.59 Å². The fourth-order valence-corrected chi connectivity index (χ4v) is 1.97. The van der Waals surface area contributed by atoms with Gasteiger partial charge in [0.05, 0.1) is 0 Å². The Labute approximate surface area is 134 Å². The molecule has 0 saturated carbocycles. The summed E-state index contributed by atoms with van der Waals surface area (Å²) in [5.74, 6) is -0.507. The van der Waals surface area contributed by atoms with Crippen LogP contribution in [0.2, 0.25) is 0 Å². The summed E-state index contributed by atoms with van der Waals surface area (Å²) in [6.07, 6.45) is 0. The van der Waals surface area contributed by atoms with E-state index in [0.717, 1.165) is 24.6 Å². The molecule has 0 rings (SSSR count). The first-order chi connectivity index (χ1) is 8.96. The second-order valence-electron chi connectivity index (χ2n) is 3.81. The van der Waals surface area contributed by atoms with Crippen LogP contribution >= 0.6 is 24.4 Å². The van der Waals surface area contributed by atoms with Crippen molar-refractivity contribution in [1.29, 1.82) is 0 Å². The van der Waals surface area contributed by atoms with Crippen molar-refractivity contribution in [1.82, 2.24) is 14.9 Å². The van der Waals surface area contributed by atoms with E-state index in [2.05, 4.69) is 0 Å². The Morgan fingerprint density at radius 3 is 2.00 bits per heavy atom. The molecule has 9 heteroatoms. The zero-order chi connectivity index (χ0) is 14.8. The second kappa shape index (κ2) is 10.5. The number of carbonyl (C=O) groups excluding carboxylic acids is 2. The van der Waals surface area contributed by atoms with Gasteiger partial charge in [0, 0.05) is 0 Å². The van der Waals surface area contributed by atoms with Gasteiger partial charge < -0.3 is 0 Å². The average molecular weight is 477 g/mol. The molecule has 108 valence electrons. The zero-order valence-electron chi connectivity index (χ0n) is 10.7. The van der Waals surface area contributed by atoms with Gasteiger partial charge in [-0.2, -0.15) is 0 Å². The van der Waals surface area contributed by atoms with Gasteiger partial charge in [-0.05, 0) is 0 Å². The van der Waals surface area contributed by atoms with Gasteiger partial charge >= 0.3 is 135 Å². The maximum atomic E-state index is 12.0. The summed E-state index contributed by atoms with van der Waals surface area (Å²) >= 11 is 10.5. The van der Waals surface area contributed by atoms with E-state index < -0.39 is 0 Å². The van der Waals surface area contributed by atoms with Crippen molar-refractivity contribution in [3.63, 3.8) is 0 Å². The van der Waals surface area contributed by atoms with Crippen molar-refractivity contribution in [3.8, 4) is 0 Å². The van der Waals surface area contributed by atoms with Crippen molar-refractivity contribution in [2.45, 2.75) is 0 Å². The van der Waals surface area contributed by atoms with E-state index in [1.807, 2.05) is 0 Å². The number of rotatable bonds is 9. The molecule has 0 heterocycles. The number of hydroxylamine groups is 2. The summed E-state index contributed by atoms with van der Waals surface area (Å²) < 4.78 is 4.98. The third-order valence-corrected chi connectivity index (χ3v) is 3.06. The molecular weight excluding hydrogens is 460 g/mol. The monoisotopic (exact) mass is 477 g/mol. The third-order valence-electron chi connectivity index (χ3n) is 2.16. The van der Waals surface area contributed by atoms with Crippen LogP contribution in [0.25, 0.3) is 0 Å². The van der Waals surface area contributed by atoms with Crippen molar-refractivity contribution >= 4 is 47.0 Å². The fourth-order valence-electron chi connectivity index (χ4n) is 1.10. The Bertz CT molecular complexity index is 332. The quantitative estimate of drug-likeness (QED) is 0.334. The van der Waals surface area contributed by atoms with Crippen LogP contribution in [0.3, 0.4) is 0 Å². The van der Waals surface area contributed by atoms with Crippen LogP contribution in [0.15, 0.2) is 0 Å². The molecule has 0 bridgehead atoms. The predicted molar refractivity (Wildman–Crippen MR) is 75.2 cm³/mol. The van der Waals surface area contributed by atoms with Gasteiger partial charge in [0.1, 0.15) is 0 Å². The normalized spacial score (nSPS) is 10.1. The molecule has 2 amide bonds. The number of likely N-dealkylation sites (N-methyl/N-ethyl adjacent to an activating group) is 1. The fraction of sp³-hybridized carbons (Fsp3) is 0.600. The molecule has 0 spiro atoms. The molecule has 0 fully saturated rings. The summed E-state index contributed by atoms with van der Waals surface area (Å²) in [5, 5.41) is 4.11. The van der Waals surface area contributed by atoms with E-state index in [1.165, 1.54) is 15.6 Å². The van der Waals surface area contributed by atoms with E-state index in [4.69, 9.17) is 28.0 Å². The van der Waals surface area contributed by atoms with Crippen LogP contribution in [0, 0.1) is 0 Å². The summed E-state index contributed by atoms with van der Waals surface area (Å²) in [6, 6.07) is 0. The Balaban J connectivity index is 4.51. The van der Waals surface area contributed by atoms with E-state index in [0.29, 0.717) is 13.1 Å². The van der Waals surface area contributed by atoms with Gasteiger partial charge in [-0.1, -0.05) is 0 Å². The first-order valence-electron chi connectivity index (χ1n) is 5.35. The molecule has 6 nitrogen and oxygen atoms in total. The van der Waals surface area contributed by atoms with Gasteiger partial charge in [0.25, 0.3) is 0 Å². The number of amides is 2.